The number of alkyl halides is 3. The summed E-state index contributed by atoms with van der Waals surface area (Å²) < 4.78 is 63.0. The fourth-order valence-electron chi connectivity index (χ4n) is 3.50. The first-order valence-corrected chi connectivity index (χ1v) is 9.98. The molecule has 0 saturated carbocycles. The van der Waals surface area contributed by atoms with Crippen molar-refractivity contribution in [1.29, 1.82) is 0 Å². The third-order valence-corrected chi connectivity index (χ3v) is 5.28. The van der Waals surface area contributed by atoms with Crippen LogP contribution in [0, 0.1) is 0 Å². The predicted octanol–water partition coefficient (Wildman–Crippen LogP) is 2.46. The first-order chi connectivity index (χ1) is 16.5. The van der Waals surface area contributed by atoms with Gasteiger partial charge in [0.2, 0.25) is 5.75 Å². The van der Waals surface area contributed by atoms with E-state index in [4.69, 9.17) is 18.9 Å². The average Bonchev–Trinajstić information content (AvgIpc) is 3.08. The van der Waals surface area contributed by atoms with Crippen LogP contribution in [0.2, 0.25) is 0 Å². The van der Waals surface area contributed by atoms with Gasteiger partial charge in [0, 0.05) is 0 Å². The SMILES string of the molecule is COc1ccc(CN2C(=O)NC(NC(=O)c3ccc(OC)c(OC)c3OC)(C(F)(F)F)C2=O)cc1. The Labute approximate surface area is 197 Å². The lowest BCUT2D eigenvalue weighted by molar-refractivity contribution is -0.200. The van der Waals surface area contributed by atoms with Gasteiger partial charge in [0.1, 0.15) is 5.75 Å². The maximum absolute atomic E-state index is 14.2. The van der Waals surface area contributed by atoms with Crippen LogP contribution < -0.4 is 29.6 Å². The zero-order chi connectivity index (χ0) is 26.0. The fourth-order valence-corrected chi connectivity index (χ4v) is 3.50. The van der Waals surface area contributed by atoms with E-state index in [1.54, 1.807) is 10.6 Å². The highest BCUT2D eigenvalue weighted by Crippen LogP contribution is 2.41. The Kier molecular flexibility index (Phi) is 6.99. The second-order valence-corrected chi connectivity index (χ2v) is 7.25. The van der Waals surface area contributed by atoms with Gasteiger partial charge in [-0.15, -0.1) is 0 Å². The highest BCUT2D eigenvalue weighted by molar-refractivity contribution is 6.10. The number of urea groups is 1. The van der Waals surface area contributed by atoms with Crippen molar-refractivity contribution in [1.82, 2.24) is 15.5 Å². The smallest absolute Gasteiger partial charge is 0.440 e. The molecule has 1 aliphatic heterocycles. The van der Waals surface area contributed by atoms with Crippen molar-refractivity contribution in [3.05, 3.63) is 47.5 Å². The van der Waals surface area contributed by atoms with Crippen LogP contribution in [-0.2, 0) is 11.3 Å². The molecular weight excluding hydrogens is 475 g/mol. The van der Waals surface area contributed by atoms with Crippen molar-refractivity contribution in [3.63, 3.8) is 0 Å². The fraction of sp³-hybridized carbons (Fsp3) is 0.318. The summed E-state index contributed by atoms with van der Waals surface area (Å²) >= 11 is 0. The Hall–Kier alpha value is -4.16. The van der Waals surface area contributed by atoms with Gasteiger partial charge in [0.05, 0.1) is 40.5 Å². The third kappa shape index (κ3) is 4.48. The number of ether oxygens (including phenoxy) is 4. The number of nitrogens with one attached hydrogen (secondary N) is 2. The van der Waals surface area contributed by atoms with Crippen LogP contribution in [-0.4, -0.2) is 63.0 Å². The van der Waals surface area contributed by atoms with Gasteiger partial charge in [0.25, 0.3) is 17.5 Å². The molecule has 3 rings (SSSR count). The summed E-state index contributed by atoms with van der Waals surface area (Å²) in [4.78, 5) is 38.7. The Balaban J connectivity index is 1.97. The highest BCUT2D eigenvalue weighted by atomic mass is 19.4. The minimum absolute atomic E-state index is 0.0494. The molecule has 2 N–H and O–H groups in total. The van der Waals surface area contributed by atoms with E-state index in [1.807, 2.05) is 0 Å². The molecule has 1 atom stereocenters. The molecule has 1 fully saturated rings. The molecule has 13 heteroatoms. The number of carbonyl (C=O) groups is 3. The lowest BCUT2D eigenvalue weighted by atomic mass is 10.1. The molecule has 1 unspecified atom stereocenters. The van der Waals surface area contributed by atoms with E-state index in [0.29, 0.717) is 16.2 Å². The largest absolute Gasteiger partial charge is 0.497 e. The van der Waals surface area contributed by atoms with Crippen molar-refractivity contribution in [2.24, 2.45) is 0 Å². The van der Waals surface area contributed by atoms with E-state index in [9.17, 15) is 27.6 Å². The lowest BCUT2D eigenvalue weighted by Gasteiger charge is -2.30. The van der Waals surface area contributed by atoms with Gasteiger partial charge in [-0.1, -0.05) is 12.1 Å². The second kappa shape index (κ2) is 9.60. The molecule has 1 saturated heterocycles. The van der Waals surface area contributed by atoms with Gasteiger partial charge < -0.3 is 24.3 Å². The van der Waals surface area contributed by atoms with Crippen LogP contribution in [0.1, 0.15) is 15.9 Å². The Morgan fingerprint density at radius 3 is 2.09 bits per heavy atom. The summed E-state index contributed by atoms with van der Waals surface area (Å²) in [7, 11) is 5.17. The maximum atomic E-state index is 14.2. The van der Waals surface area contributed by atoms with Gasteiger partial charge in [-0.3, -0.25) is 19.8 Å². The van der Waals surface area contributed by atoms with Crippen LogP contribution in [0.25, 0.3) is 0 Å². The number of carbonyl (C=O) groups excluding carboxylic acids is 3. The minimum Gasteiger partial charge on any atom is -0.497 e. The van der Waals surface area contributed by atoms with Gasteiger partial charge in [-0.25, -0.2) is 4.79 Å². The highest BCUT2D eigenvalue weighted by Gasteiger charge is 2.68. The summed E-state index contributed by atoms with van der Waals surface area (Å²) in [6, 6.07) is 7.10. The molecule has 4 amide bonds. The molecular formula is C22H22F3N3O7. The summed E-state index contributed by atoms with van der Waals surface area (Å²) in [5, 5.41) is 3.24. The molecule has 1 aliphatic rings. The quantitative estimate of drug-likeness (QED) is 0.539. The molecule has 0 aromatic heterocycles. The van der Waals surface area contributed by atoms with Gasteiger partial charge in [-0.05, 0) is 29.8 Å². The van der Waals surface area contributed by atoms with E-state index in [2.05, 4.69) is 0 Å². The average molecular weight is 497 g/mol. The van der Waals surface area contributed by atoms with Crippen molar-refractivity contribution < 1.29 is 46.5 Å². The number of hydrogen-bond acceptors (Lipinski definition) is 7. The summed E-state index contributed by atoms with van der Waals surface area (Å²) in [6.07, 6.45) is -5.38. The van der Waals surface area contributed by atoms with Crippen molar-refractivity contribution in [3.8, 4) is 23.0 Å². The third-order valence-electron chi connectivity index (χ3n) is 5.28. The minimum atomic E-state index is -5.38. The van der Waals surface area contributed by atoms with Crippen LogP contribution in [0.3, 0.4) is 0 Å². The Bertz CT molecular complexity index is 1140. The molecule has 35 heavy (non-hydrogen) atoms. The predicted molar refractivity (Wildman–Crippen MR) is 114 cm³/mol. The zero-order valence-corrected chi connectivity index (χ0v) is 19.1. The van der Waals surface area contributed by atoms with E-state index in [0.717, 1.165) is 6.07 Å². The molecule has 188 valence electrons. The number of hydrogen-bond donors (Lipinski definition) is 2. The van der Waals surface area contributed by atoms with Gasteiger partial charge in [-0.2, -0.15) is 13.2 Å². The molecule has 0 aliphatic carbocycles. The lowest BCUT2D eigenvalue weighted by Crippen LogP contribution is -2.69. The first kappa shape index (κ1) is 25.5. The zero-order valence-electron chi connectivity index (χ0n) is 19.1. The summed E-state index contributed by atoms with van der Waals surface area (Å²) in [5.41, 5.74) is -3.73. The molecule has 1 heterocycles. The molecule has 0 radical (unpaired) electrons. The standard InChI is InChI=1S/C22H22F3N3O7/c1-32-13-7-5-12(6-8-13)11-28-19(30)21(22(23,24)25,27-20(28)31)26-18(29)14-9-10-15(33-2)17(35-4)16(14)34-3/h5-10H,11H2,1-4H3,(H,26,29)(H,27,31). The van der Waals surface area contributed by atoms with Crippen molar-refractivity contribution >= 4 is 17.8 Å². The number of amides is 4. The molecule has 0 spiro atoms. The second-order valence-electron chi connectivity index (χ2n) is 7.25. The van der Waals surface area contributed by atoms with E-state index >= 15 is 0 Å². The van der Waals surface area contributed by atoms with Crippen molar-refractivity contribution in [2.45, 2.75) is 18.4 Å². The molecule has 2 aromatic carbocycles. The molecule has 0 bridgehead atoms. The van der Waals surface area contributed by atoms with Crippen LogP contribution in [0.15, 0.2) is 36.4 Å². The summed E-state index contributed by atoms with van der Waals surface area (Å²) in [6.45, 7) is -0.470. The number of halogens is 3. The molecule has 2 aromatic rings. The number of methoxy groups -OCH3 is 4. The summed E-state index contributed by atoms with van der Waals surface area (Å²) in [5.74, 6) is -2.69. The van der Waals surface area contributed by atoms with Crippen molar-refractivity contribution in [2.75, 3.05) is 28.4 Å². The van der Waals surface area contributed by atoms with E-state index in [1.165, 1.54) is 58.8 Å². The van der Waals surface area contributed by atoms with Gasteiger partial charge >= 0.3 is 12.2 Å². The number of benzene rings is 2. The topological polar surface area (TPSA) is 115 Å². The number of nitrogens with zero attached hydrogens (tertiary/aromatic N) is 1. The van der Waals surface area contributed by atoms with Crippen LogP contribution in [0.5, 0.6) is 23.0 Å². The molecule has 10 nitrogen and oxygen atoms in total. The Morgan fingerprint density at radius 2 is 1.57 bits per heavy atom. The van der Waals surface area contributed by atoms with Gasteiger partial charge in [0.15, 0.2) is 11.5 Å². The maximum Gasteiger partial charge on any atom is 0.440 e. The van der Waals surface area contributed by atoms with E-state index in [-0.39, 0.29) is 22.8 Å². The number of imide groups is 1. The monoisotopic (exact) mass is 497 g/mol. The van der Waals surface area contributed by atoms with E-state index < -0.39 is 36.2 Å². The van der Waals surface area contributed by atoms with Crippen LogP contribution >= 0.6 is 0 Å². The Morgan fingerprint density at radius 1 is 0.943 bits per heavy atom. The normalized spacial score (nSPS) is 17.6. The first-order valence-electron chi connectivity index (χ1n) is 9.98. The van der Waals surface area contributed by atoms with Crippen LogP contribution in [0.4, 0.5) is 18.0 Å². The number of rotatable bonds is 8.